The highest BCUT2D eigenvalue weighted by Gasteiger charge is 2.26. The lowest BCUT2D eigenvalue weighted by molar-refractivity contribution is -0.129. The molecule has 0 spiro atoms. The van der Waals surface area contributed by atoms with Gasteiger partial charge in [-0.25, -0.2) is 0 Å². The number of carbonyl (C=O) groups is 1. The van der Waals surface area contributed by atoms with Gasteiger partial charge in [0.15, 0.2) is 0 Å². The van der Waals surface area contributed by atoms with Gasteiger partial charge in [-0.15, -0.1) is 0 Å². The van der Waals surface area contributed by atoms with Crippen molar-refractivity contribution in [3.05, 3.63) is 18.2 Å². The molecule has 21 heavy (non-hydrogen) atoms. The molecule has 1 fully saturated rings. The zero-order chi connectivity index (χ0) is 15.5. The van der Waals surface area contributed by atoms with Crippen LogP contribution in [0.3, 0.4) is 0 Å². The zero-order valence-corrected chi connectivity index (χ0v) is 13.3. The summed E-state index contributed by atoms with van der Waals surface area (Å²) in [6.45, 7) is 7.62. The van der Waals surface area contributed by atoms with E-state index < -0.39 is 0 Å². The van der Waals surface area contributed by atoms with E-state index in [1.807, 2.05) is 39.0 Å². The standard InChI is InChI=1S/C16H25N3O2/c1-16(2,3)15(20)17-12-8-10-19(11-9-12)13-6-5-7-14(18-13)21-4/h5-7,12H,8-11H2,1-4H3,(H,17,20). The number of nitrogens with zero attached hydrogens (tertiary/aromatic N) is 2. The van der Waals surface area contributed by atoms with E-state index in [0.29, 0.717) is 5.88 Å². The van der Waals surface area contributed by atoms with E-state index in [4.69, 9.17) is 4.74 Å². The van der Waals surface area contributed by atoms with Gasteiger partial charge in [-0.2, -0.15) is 4.98 Å². The molecule has 1 aliphatic rings. The van der Waals surface area contributed by atoms with Gasteiger partial charge < -0.3 is 15.0 Å². The van der Waals surface area contributed by atoms with Crippen LogP contribution in [0, 0.1) is 5.41 Å². The van der Waals surface area contributed by atoms with Crippen LogP contribution in [0.1, 0.15) is 33.6 Å². The molecule has 0 aliphatic carbocycles. The van der Waals surface area contributed by atoms with Gasteiger partial charge in [0.05, 0.1) is 7.11 Å². The van der Waals surface area contributed by atoms with Crippen molar-refractivity contribution in [2.45, 2.75) is 39.7 Å². The highest BCUT2D eigenvalue weighted by molar-refractivity contribution is 5.81. The highest BCUT2D eigenvalue weighted by Crippen LogP contribution is 2.21. The van der Waals surface area contributed by atoms with Crippen LogP contribution in [0.2, 0.25) is 0 Å². The van der Waals surface area contributed by atoms with Crippen molar-refractivity contribution in [2.24, 2.45) is 5.41 Å². The minimum Gasteiger partial charge on any atom is -0.481 e. The summed E-state index contributed by atoms with van der Waals surface area (Å²) in [4.78, 5) is 18.7. The van der Waals surface area contributed by atoms with Crippen LogP contribution in [0.15, 0.2) is 18.2 Å². The molecular formula is C16H25N3O2. The number of hydrogen-bond acceptors (Lipinski definition) is 4. The summed E-state index contributed by atoms with van der Waals surface area (Å²) in [5, 5.41) is 3.14. The second-order valence-electron chi connectivity index (χ2n) is 6.52. The number of aromatic nitrogens is 1. The van der Waals surface area contributed by atoms with Crippen LogP contribution in [-0.2, 0) is 4.79 Å². The Kier molecular flexibility index (Phi) is 4.70. The number of rotatable bonds is 3. The van der Waals surface area contributed by atoms with Crippen LogP contribution >= 0.6 is 0 Å². The van der Waals surface area contributed by atoms with E-state index in [0.717, 1.165) is 31.7 Å². The van der Waals surface area contributed by atoms with Gasteiger partial charge in [0.1, 0.15) is 5.82 Å². The van der Waals surface area contributed by atoms with Crippen molar-refractivity contribution in [1.82, 2.24) is 10.3 Å². The molecule has 0 radical (unpaired) electrons. The fraction of sp³-hybridized carbons (Fsp3) is 0.625. The Balaban J connectivity index is 1.89. The highest BCUT2D eigenvalue weighted by atomic mass is 16.5. The smallest absolute Gasteiger partial charge is 0.225 e. The van der Waals surface area contributed by atoms with Gasteiger partial charge in [-0.1, -0.05) is 26.8 Å². The Morgan fingerprint density at radius 3 is 2.57 bits per heavy atom. The molecule has 0 saturated carbocycles. The minimum atomic E-state index is -0.328. The monoisotopic (exact) mass is 291 g/mol. The number of methoxy groups -OCH3 is 1. The van der Waals surface area contributed by atoms with Crippen molar-refractivity contribution in [1.29, 1.82) is 0 Å². The predicted octanol–water partition coefficient (Wildman–Crippen LogP) is 2.22. The molecule has 1 N–H and O–H groups in total. The fourth-order valence-corrected chi connectivity index (χ4v) is 2.35. The maximum absolute atomic E-state index is 12.0. The van der Waals surface area contributed by atoms with Crippen LogP contribution in [0.25, 0.3) is 0 Å². The molecule has 0 aromatic carbocycles. The number of ether oxygens (including phenoxy) is 1. The average Bonchev–Trinajstić information content (AvgIpc) is 2.47. The van der Waals surface area contributed by atoms with Crippen LogP contribution in [0.5, 0.6) is 5.88 Å². The molecule has 1 aromatic heterocycles. The van der Waals surface area contributed by atoms with Gasteiger partial charge in [-0.3, -0.25) is 4.79 Å². The molecule has 1 amide bonds. The lowest BCUT2D eigenvalue weighted by Crippen LogP contribution is -2.47. The second kappa shape index (κ2) is 6.33. The van der Waals surface area contributed by atoms with E-state index in [9.17, 15) is 4.79 Å². The third kappa shape index (κ3) is 4.09. The third-order valence-corrected chi connectivity index (χ3v) is 3.75. The molecule has 5 heteroatoms. The Bertz CT molecular complexity index is 489. The molecule has 1 aliphatic heterocycles. The van der Waals surface area contributed by atoms with E-state index in [1.54, 1.807) is 7.11 Å². The average molecular weight is 291 g/mol. The maximum atomic E-state index is 12.0. The van der Waals surface area contributed by atoms with Crippen molar-refractivity contribution in [3.8, 4) is 5.88 Å². The number of amides is 1. The number of pyridine rings is 1. The molecule has 116 valence electrons. The van der Waals surface area contributed by atoms with Crippen molar-refractivity contribution < 1.29 is 9.53 Å². The number of nitrogens with one attached hydrogen (secondary N) is 1. The van der Waals surface area contributed by atoms with E-state index >= 15 is 0 Å². The summed E-state index contributed by atoms with van der Waals surface area (Å²) in [6.07, 6.45) is 1.89. The van der Waals surface area contributed by atoms with E-state index in [2.05, 4.69) is 15.2 Å². The zero-order valence-electron chi connectivity index (χ0n) is 13.3. The number of carbonyl (C=O) groups excluding carboxylic acids is 1. The van der Waals surface area contributed by atoms with Crippen LogP contribution in [0.4, 0.5) is 5.82 Å². The first-order valence-corrected chi connectivity index (χ1v) is 7.47. The van der Waals surface area contributed by atoms with Crippen molar-refractivity contribution in [3.63, 3.8) is 0 Å². The lowest BCUT2D eigenvalue weighted by atomic mass is 9.94. The Labute approximate surface area is 126 Å². The topological polar surface area (TPSA) is 54.5 Å². The molecule has 2 heterocycles. The summed E-state index contributed by atoms with van der Waals surface area (Å²) in [7, 11) is 1.63. The van der Waals surface area contributed by atoms with Crippen molar-refractivity contribution in [2.75, 3.05) is 25.1 Å². The molecule has 5 nitrogen and oxygen atoms in total. The second-order valence-corrected chi connectivity index (χ2v) is 6.52. The first kappa shape index (κ1) is 15.6. The van der Waals surface area contributed by atoms with Gasteiger partial charge in [0, 0.05) is 30.6 Å². The molecular weight excluding hydrogens is 266 g/mol. The molecule has 2 rings (SSSR count). The van der Waals surface area contributed by atoms with Crippen LogP contribution in [-0.4, -0.2) is 37.1 Å². The molecule has 1 saturated heterocycles. The molecule has 0 bridgehead atoms. The molecule has 0 atom stereocenters. The fourth-order valence-electron chi connectivity index (χ4n) is 2.35. The summed E-state index contributed by atoms with van der Waals surface area (Å²) in [5.41, 5.74) is -0.328. The first-order valence-electron chi connectivity index (χ1n) is 7.47. The Hall–Kier alpha value is -1.78. The molecule has 1 aromatic rings. The van der Waals surface area contributed by atoms with E-state index in [1.165, 1.54) is 0 Å². The van der Waals surface area contributed by atoms with Gasteiger partial charge in [0.2, 0.25) is 11.8 Å². The quantitative estimate of drug-likeness (QED) is 0.928. The number of hydrogen-bond donors (Lipinski definition) is 1. The number of piperidine rings is 1. The largest absolute Gasteiger partial charge is 0.481 e. The number of anilines is 1. The summed E-state index contributed by atoms with van der Waals surface area (Å²) >= 11 is 0. The first-order chi connectivity index (χ1) is 9.90. The Morgan fingerprint density at radius 1 is 1.33 bits per heavy atom. The minimum absolute atomic E-state index is 0.125. The maximum Gasteiger partial charge on any atom is 0.225 e. The van der Waals surface area contributed by atoms with Gasteiger partial charge >= 0.3 is 0 Å². The molecule has 0 unspecified atom stereocenters. The summed E-state index contributed by atoms with van der Waals surface area (Å²) in [6, 6.07) is 6.06. The van der Waals surface area contributed by atoms with Gasteiger partial charge in [-0.05, 0) is 18.9 Å². The predicted molar refractivity (Wildman–Crippen MR) is 83.6 cm³/mol. The SMILES string of the molecule is COc1cccc(N2CCC(NC(=O)C(C)(C)C)CC2)n1. The Morgan fingerprint density at radius 2 is 2.00 bits per heavy atom. The van der Waals surface area contributed by atoms with Crippen LogP contribution < -0.4 is 15.0 Å². The third-order valence-electron chi connectivity index (χ3n) is 3.75. The van der Waals surface area contributed by atoms with E-state index in [-0.39, 0.29) is 17.4 Å². The normalized spacial score (nSPS) is 16.7. The lowest BCUT2D eigenvalue weighted by Gasteiger charge is -2.34. The van der Waals surface area contributed by atoms with Crippen molar-refractivity contribution >= 4 is 11.7 Å². The van der Waals surface area contributed by atoms with Gasteiger partial charge in [0.25, 0.3) is 0 Å². The summed E-state index contributed by atoms with van der Waals surface area (Å²) in [5.74, 6) is 1.70. The summed E-state index contributed by atoms with van der Waals surface area (Å²) < 4.78 is 5.16.